The summed E-state index contributed by atoms with van der Waals surface area (Å²) in [6, 6.07) is 25.7. The molecule has 51 heavy (non-hydrogen) atoms. The molecule has 0 saturated carbocycles. The number of anilines is 1. The normalized spacial score (nSPS) is 13.7. The highest BCUT2D eigenvalue weighted by molar-refractivity contribution is 5.85. The van der Waals surface area contributed by atoms with Crippen LogP contribution in [0.25, 0.3) is 22.3 Å². The number of aryl methyl sites for hydroxylation is 4. The summed E-state index contributed by atoms with van der Waals surface area (Å²) in [6.45, 7) is 16.2. The van der Waals surface area contributed by atoms with Crippen LogP contribution < -0.4 is 4.90 Å². The third kappa shape index (κ3) is 9.34. The molecule has 2 heterocycles. The molecule has 0 aliphatic carbocycles. The fraction of sp³-hybridized carbons (Fsp3) is 0.326. The predicted octanol–water partition coefficient (Wildman–Crippen LogP) is 11.8. The van der Waals surface area contributed by atoms with Gasteiger partial charge in [-0.05, 0) is 152 Å². The molecule has 4 aromatic carbocycles. The van der Waals surface area contributed by atoms with Gasteiger partial charge in [0, 0.05) is 55.9 Å². The number of hydrogen-bond acceptors (Lipinski definition) is 3. The summed E-state index contributed by atoms with van der Waals surface area (Å²) >= 11 is 0. The van der Waals surface area contributed by atoms with E-state index in [2.05, 4.69) is 111 Å². The molecule has 1 saturated heterocycles. The van der Waals surface area contributed by atoms with Gasteiger partial charge in [-0.2, -0.15) is 13.2 Å². The Balaban J connectivity index is 0.00000292. The van der Waals surface area contributed by atoms with Crippen molar-refractivity contribution in [3.8, 4) is 22.3 Å². The zero-order valence-electron chi connectivity index (χ0n) is 30.3. The summed E-state index contributed by atoms with van der Waals surface area (Å²) in [5.41, 5.74) is 14.9. The van der Waals surface area contributed by atoms with E-state index in [1.807, 2.05) is 12.4 Å². The molecule has 0 spiro atoms. The zero-order valence-corrected chi connectivity index (χ0v) is 31.9. The van der Waals surface area contributed by atoms with Crippen LogP contribution in [0.4, 0.5) is 18.9 Å². The van der Waals surface area contributed by atoms with Crippen molar-refractivity contribution in [2.24, 2.45) is 0 Å². The van der Waals surface area contributed by atoms with Gasteiger partial charge in [-0.1, -0.05) is 42.5 Å². The molecule has 1 aliphatic rings. The van der Waals surface area contributed by atoms with Crippen LogP contribution in [0.1, 0.15) is 62.9 Å². The summed E-state index contributed by atoms with van der Waals surface area (Å²) in [7, 11) is 0. The highest BCUT2D eigenvalue weighted by Crippen LogP contribution is 2.34. The third-order valence-corrected chi connectivity index (χ3v) is 10.5. The average Bonchev–Trinajstić information content (AvgIpc) is 3.08. The van der Waals surface area contributed by atoms with Gasteiger partial charge in [0.1, 0.15) is 0 Å². The molecule has 270 valence electrons. The first-order valence-electron chi connectivity index (χ1n) is 17.2. The minimum Gasteiger partial charge on any atom is -0.364 e. The first-order valence-corrected chi connectivity index (χ1v) is 17.2. The Kier molecular flexibility index (Phi) is 13.1. The lowest BCUT2D eigenvalue weighted by Crippen LogP contribution is -2.44. The molecule has 0 bridgehead atoms. The number of hydrogen-bond donors (Lipinski definition) is 0. The van der Waals surface area contributed by atoms with E-state index in [1.165, 1.54) is 62.2 Å². The van der Waals surface area contributed by atoms with E-state index in [0.717, 1.165) is 54.9 Å². The van der Waals surface area contributed by atoms with E-state index in [0.29, 0.717) is 6.54 Å². The molecule has 6 rings (SSSR count). The highest BCUT2D eigenvalue weighted by Gasteiger charge is 2.31. The summed E-state index contributed by atoms with van der Waals surface area (Å²) in [5, 5.41) is 0. The molecule has 0 atom stereocenters. The van der Waals surface area contributed by atoms with Crippen LogP contribution in [0.15, 0.2) is 91.3 Å². The van der Waals surface area contributed by atoms with Crippen molar-refractivity contribution in [3.05, 3.63) is 141 Å². The first-order chi connectivity index (χ1) is 23.4. The molecule has 3 nitrogen and oxygen atoms in total. The van der Waals surface area contributed by atoms with Crippen molar-refractivity contribution >= 4 is 30.5 Å². The van der Waals surface area contributed by atoms with Gasteiger partial charge in [0.05, 0.1) is 5.56 Å². The quantitative estimate of drug-likeness (QED) is 0.158. The molecule has 0 amide bonds. The van der Waals surface area contributed by atoms with Crippen LogP contribution in [0.3, 0.4) is 0 Å². The van der Waals surface area contributed by atoms with Gasteiger partial charge in [-0.15, -0.1) is 24.8 Å². The molecule has 1 fully saturated rings. The molecular weight excluding hydrogens is 686 g/mol. The van der Waals surface area contributed by atoms with E-state index >= 15 is 0 Å². The van der Waals surface area contributed by atoms with Crippen LogP contribution >= 0.6 is 24.8 Å². The Morgan fingerprint density at radius 3 is 1.73 bits per heavy atom. The van der Waals surface area contributed by atoms with Crippen molar-refractivity contribution in [1.29, 1.82) is 0 Å². The Labute approximate surface area is 313 Å². The number of pyridine rings is 1. The van der Waals surface area contributed by atoms with Crippen molar-refractivity contribution in [1.82, 2.24) is 9.88 Å². The number of aromatic nitrogens is 1. The standard InChI is InChI=1S/C43H46F3N3.2ClH/c1-28-18-37(19-29(2)32(28)5)36-9-7-8-34(22-36)27-49(41-12-10-40(11-13-41)43(44,45)46)42-14-16-48(17-15-42)26-35-23-39(25-47-24-35)38-20-30(3)33(6)31(4)21-38;;/h7-13,18-25,42H,14-17,26-27H2,1-6H3;2*1H. The first kappa shape index (κ1) is 39.9. The van der Waals surface area contributed by atoms with Crippen LogP contribution in [-0.4, -0.2) is 29.0 Å². The minimum atomic E-state index is -4.36. The van der Waals surface area contributed by atoms with Gasteiger partial charge in [0.2, 0.25) is 0 Å². The molecule has 5 aromatic rings. The summed E-state index contributed by atoms with van der Waals surface area (Å²) in [6.07, 6.45) is 1.37. The second kappa shape index (κ2) is 16.7. The molecule has 1 aromatic heterocycles. The number of alkyl halides is 3. The number of nitrogens with zero attached hydrogens (tertiary/aromatic N) is 3. The average molecular weight is 735 g/mol. The number of halogens is 5. The predicted molar refractivity (Wildman–Crippen MR) is 210 cm³/mol. The Morgan fingerprint density at radius 2 is 1.18 bits per heavy atom. The van der Waals surface area contributed by atoms with Crippen LogP contribution in [0.5, 0.6) is 0 Å². The summed E-state index contributed by atoms with van der Waals surface area (Å²) in [5.74, 6) is 0. The number of rotatable bonds is 8. The number of benzene rings is 4. The second-order valence-electron chi connectivity index (χ2n) is 13.9. The van der Waals surface area contributed by atoms with Gasteiger partial charge in [0.25, 0.3) is 0 Å². The van der Waals surface area contributed by atoms with Crippen LogP contribution in [0.2, 0.25) is 0 Å². The molecule has 0 unspecified atom stereocenters. The van der Waals surface area contributed by atoms with Crippen molar-refractivity contribution in [2.75, 3.05) is 18.0 Å². The zero-order chi connectivity index (χ0) is 34.9. The van der Waals surface area contributed by atoms with E-state index in [-0.39, 0.29) is 30.9 Å². The molecular formula is C43H48Cl2F3N3. The van der Waals surface area contributed by atoms with Crippen LogP contribution in [-0.2, 0) is 19.3 Å². The largest absolute Gasteiger partial charge is 0.416 e. The lowest BCUT2D eigenvalue weighted by Gasteiger charge is -2.40. The van der Waals surface area contributed by atoms with Gasteiger partial charge < -0.3 is 4.90 Å². The molecule has 8 heteroatoms. The maximum absolute atomic E-state index is 13.5. The number of piperidine rings is 1. The second-order valence-corrected chi connectivity index (χ2v) is 13.9. The minimum absolute atomic E-state index is 0. The van der Waals surface area contributed by atoms with Crippen molar-refractivity contribution in [2.45, 2.75) is 79.7 Å². The maximum Gasteiger partial charge on any atom is 0.416 e. The van der Waals surface area contributed by atoms with Crippen molar-refractivity contribution < 1.29 is 13.2 Å². The Bertz CT molecular complexity index is 1900. The summed E-state index contributed by atoms with van der Waals surface area (Å²) < 4.78 is 40.4. The monoisotopic (exact) mass is 733 g/mol. The SMILES string of the molecule is Cc1cc(-c2cncc(CN3CCC(N(Cc4cccc(-c5cc(C)c(C)c(C)c5)c4)c4ccc(C(F)(F)F)cc4)CC3)c2)cc(C)c1C.Cl.Cl. The van der Waals surface area contributed by atoms with E-state index in [4.69, 9.17) is 0 Å². The van der Waals surface area contributed by atoms with Gasteiger partial charge in [-0.3, -0.25) is 9.88 Å². The van der Waals surface area contributed by atoms with E-state index in [9.17, 15) is 13.2 Å². The molecule has 0 N–H and O–H groups in total. The van der Waals surface area contributed by atoms with E-state index in [1.54, 1.807) is 12.1 Å². The Morgan fingerprint density at radius 1 is 0.647 bits per heavy atom. The summed E-state index contributed by atoms with van der Waals surface area (Å²) in [4.78, 5) is 9.37. The Hall–Kier alpha value is -3.84. The maximum atomic E-state index is 13.5. The van der Waals surface area contributed by atoms with Gasteiger partial charge in [0.15, 0.2) is 0 Å². The smallest absolute Gasteiger partial charge is 0.364 e. The molecule has 1 aliphatic heterocycles. The van der Waals surface area contributed by atoms with Crippen LogP contribution in [0, 0.1) is 41.5 Å². The topological polar surface area (TPSA) is 19.4 Å². The lowest BCUT2D eigenvalue weighted by molar-refractivity contribution is -0.137. The number of likely N-dealkylation sites (tertiary alicyclic amines) is 1. The fourth-order valence-electron chi connectivity index (χ4n) is 7.10. The van der Waals surface area contributed by atoms with E-state index < -0.39 is 11.7 Å². The lowest BCUT2D eigenvalue weighted by atomic mass is 9.95. The van der Waals surface area contributed by atoms with Gasteiger partial charge >= 0.3 is 6.18 Å². The van der Waals surface area contributed by atoms with Crippen molar-refractivity contribution in [3.63, 3.8) is 0 Å². The molecule has 0 radical (unpaired) electrons. The fourth-order valence-corrected chi connectivity index (χ4v) is 7.10. The third-order valence-electron chi connectivity index (χ3n) is 10.5. The van der Waals surface area contributed by atoms with Gasteiger partial charge in [-0.25, -0.2) is 0 Å². The highest BCUT2D eigenvalue weighted by atomic mass is 35.5.